The highest BCUT2D eigenvalue weighted by atomic mass is 79.9. The minimum absolute atomic E-state index is 0.197. The molecule has 4 heteroatoms. The van der Waals surface area contributed by atoms with Crippen molar-refractivity contribution in [1.29, 1.82) is 0 Å². The summed E-state index contributed by atoms with van der Waals surface area (Å²) >= 11 is 3.78. The predicted molar refractivity (Wildman–Crippen MR) is 81.8 cm³/mol. The van der Waals surface area contributed by atoms with Gasteiger partial charge in [0.2, 0.25) is 0 Å². The maximum Gasteiger partial charge on any atom is 0.130 e. The van der Waals surface area contributed by atoms with Crippen LogP contribution in [0.1, 0.15) is 37.1 Å². The van der Waals surface area contributed by atoms with Gasteiger partial charge in [-0.2, -0.15) is 0 Å². The summed E-state index contributed by atoms with van der Waals surface area (Å²) < 4.78 is 16.2. The van der Waals surface area contributed by atoms with Crippen LogP contribution < -0.4 is 14.2 Å². The van der Waals surface area contributed by atoms with E-state index in [1.165, 1.54) is 0 Å². The summed E-state index contributed by atoms with van der Waals surface area (Å²) in [6.07, 6.45) is 2.30. The summed E-state index contributed by atoms with van der Waals surface area (Å²) in [5.74, 6) is 2.82. The molecule has 0 aliphatic heterocycles. The van der Waals surface area contributed by atoms with Crippen LogP contribution in [-0.4, -0.2) is 21.3 Å². The van der Waals surface area contributed by atoms with Crippen molar-refractivity contribution in [3.8, 4) is 17.2 Å². The van der Waals surface area contributed by atoms with Gasteiger partial charge in [-0.1, -0.05) is 36.2 Å². The van der Waals surface area contributed by atoms with Gasteiger partial charge in [0.25, 0.3) is 0 Å². The lowest BCUT2D eigenvalue weighted by Crippen LogP contribution is -2.07. The van der Waals surface area contributed by atoms with E-state index < -0.39 is 0 Å². The van der Waals surface area contributed by atoms with Crippen molar-refractivity contribution < 1.29 is 14.2 Å². The molecule has 2 atom stereocenters. The molecule has 0 heterocycles. The Bertz CT molecular complexity index is 381. The first-order chi connectivity index (χ1) is 9.08. The molecule has 0 radical (unpaired) electrons. The largest absolute Gasteiger partial charge is 0.496 e. The summed E-state index contributed by atoms with van der Waals surface area (Å²) in [5.41, 5.74) is 1.05. The van der Waals surface area contributed by atoms with E-state index in [1.54, 1.807) is 21.3 Å². The predicted octanol–water partition coefficient (Wildman–Crippen LogP) is 4.58. The second kappa shape index (κ2) is 7.63. The van der Waals surface area contributed by atoms with Gasteiger partial charge in [-0.15, -0.1) is 0 Å². The molecule has 0 saturated carbocycles. The van der Waals surface area contributed by atoms with Crippen molar-refractivity contribution in [2.45, 2.75) is 31.5 Å². The third-order valence-electron chi connectivity index (χ3n) is 3.27. The van der Waals surface area contributed by atoms with Gasteiger partial charge >= 0.3 is 0 Å². The third kappa shape index (κ3) is 3.78. The number of methoxy groups -OCH3 is 3. The highest BCUT2D eigenvalue weighted by Crippen LogP contribution is 2.45. The van der Waals surface area contributed by atoms with Gasteiger partial charge in [-0.3, -0.25) is 0 Å². The first-order valence-corrected chi connectivity index (χ1v) is 7.44. The number of ether oxygens (including phenoxy) is 3. The molecular weight excluding hydrogens is 308 g/mol. The average Bonchev–Trinajstić information content (AvgIpc) is 2.44. The first-order valence-electron chi connectivity index (χ1n) is 6.52. The van der Waals surface area contributed by atoms with E-state index in [0.29, 0.717) is 5.92 Å². The minimum Gasteiger partial charge on any atom is -0.496 e. The van der Waals surface area contributed by atoms with Gasteiger partial charge in [0.15, 0.2) is 0 Å². The van der Waals surface area contributed by atoms with Crippen LogP contribution in [0, 0.1) is 5.92 Å². The van der Waals surface area contributed by atoms with E-state index in [0.717, 1.165) is 35.7 Å². The molecule has 2 unspecified atom stereocenters. The summed E-state index contributed by atoms with van der Waals surface area (Å²) in [5, 5.41) is 0. The molecule has 0 aromatic heterocycles. The summed E-state index contributed by atoms with van der Waals surface area (Å²) in [6.45, 7) is 4.42. The van der Waals surface area contributed by atoms with E-state index in [4.69, 9.17) is 14.2 Å². The van der Waals surface area contributed by atoms with E-state index in [1.807, 2.05) is 12.1 Å². The first kappa shape index (κ1) is 16.2. The zero-order chi connectivity index (χ0) is 14.4. The molecule has 3 nitrogen and oxygen atoms in total. The molecule has 108 valence electrons. The number of benzene rings is 1. The van der Waals surface area contributed by atoms with Crippen molar-refractivity contribution >= 4 is 15.9 Å². The fourth-order valence-corrected chi connectivity index (χ4v) is 2.91. The molecule has 19 heavy (non-hydrogen) atoms. The van der Waals surface area contributed by atoms with Crippen molar-refractivity contribution in [2.24, 2.45) is 5.92 Å². The Morgan fingerprint density at radius 3 is 1.95 bits per heavy atom. The Labute approximate surface area is 124 Å². The molecule has 0 spiro atoms. The number of alkyl halides is 1. The zero-order valence-corrected chi connectivity index (χ0v) is 13.9. The van der Waals surface area contributed by atoms with E-state index in [9.17, 15) is 0 Å². The van der Waals surface area contributed by atoms with Gasteiger partial charge in [0, 0.05) is 17.0 Å². The van der Waals surface area contributed by atoms with Crippen LogP contribution in [0.25, 0.3) is 0 Å². The van der Waals surface area contributed by atoms with Crippen LogP contribution in [-0.2, 0) is 0 Å². The van der Waals surface area contributed by atoms with E-state index in [2.05, 4.69) is 29.8 Å². The number of rotatable bonds is 7. The minimum atomic E-state index is 0.197. The normalized spacial score (nSPS) is 13.8. The molecule has 0 aliphatic rings. The lowest BCUT2D eigenvalue weighted by atomic mass is 9.95. The Morgan fingerprint density at radius 2 is 1.58 bits per heavy atom. The van der Waals surface area contributed by atoms with Crippen LogP contribution >= 0.6 is 15.9 Å². The highest BCUT2D eigenvalue weighted by molar-refractivity contribution is 9.09. The maximum atomic E-state index is 5.49. The smallest absolute Gasteiger partial charge is 0.130 e. The van der Waals surface area contributed by atoms with Gasteiger partial charge in [-0.25, -0.2) is 0 Å². The van der Waals surface area contributed by atoms with Crippen LogP contribution in [0.2, 0.25) is 0 Å². The Hall–Kier alpha value is -0.900. The summed E-state index contributed by atoms with van der Waals surface area (Å²) in [4.78, 5) is 0.197. The van der Waals surface area contributed by atoms with Crippen molar-refractivity contribution in [2.75, 3.05) is 21.3 Å². The monoisotopic (exact) mass is 330 g/mol. The Kier molecular flexibility index (Phi) is 6.49. The van der Waals surface area contributed by atoms with Gasteiger partial charge in [0.1, 0.15) is 17.2 Å². The average molecular weight is 331 g/mol. The molecule has 1 aromatic rings. The third-order valence-corrected chi connectivity index (χ3v) is 4.63. The molecular formula is C15H23BrO3. The second-order valence-electron chi connectivity index (χ2n) is 4.61. The van der Waals surface area contributed by atoms with Crippen LogP contribution in [0.15, 0.2) is 12.1 Å². The van der Waals surface area contributed by atoms with Gasteiger partial charge in [-0.05, 0) is 12.3 Å². The lowest BCUT2D eigenvalue weighted by Gasteiger charge is -2.23. The van der Waals surface area contributed by atoms with E-state index in [-0.39, 0.29) is 4.83 Å². The van der Waals surface area contributed by atoms with Crippen LogP contribution in [0.5, 0.6) is 17.2 Å². The Morgan fingerprint density at radius 1 is 1.05 bits per heavy atom. The summed E-state index contributed by atoms with van der Waals surface area (Å²) in [7, 11) is 4.98. The number of hydrogen-bond acceptors (Lipinski definition) is 3. The highest BCUT2D eigenvalue weighted by Gasteiger charge is 2.24. The number of hydrogen-bond donors (Lipinski definition) is 0. The Balaban J connectivity index is 3.23. The molecule has 1 rings (SSSR count). The fraction of sp³-hybridized carbons (Fsp3) is 0.600. The molecule has 0 aliphatic carbocycles. The van der Waals surface area contributed by atoms with Gasteiger partial charge < -0.3 is 14.2 Å². The molecule has 0 fully saturated rings. The maximum absolute atomic E-state index is 5.49. The van der Waals surface area contributed by atoms with Crippen molar-refractivity contribution in [3.63, 3.8) is 0 Å². The zero-order valence-electron chi connectivity index (χ0n) is 12.3. The van der Waals surface area contributed by atoms with Crippen LogP contribution in [0.4, 0.5) is 0 Å². The molecule has 0 amide bonds. The standard InChI is InChI=1S/C15H23BrO3/c1-6-7-10(2)15(16)14-12(18-4)8-11(17-3)9-13(14)19-5/h8-10,15H,6-7H2,1-5H3. The lowest BCUT2D eigenvalue weighted by molar-refractivity contribution is 0.362. The summed E-state index contributed by atoms with van der Waals surface area (Å²) in [6, 6.07) is 3.79. The SMILES string of the molecule is CCCC(C)C(Br)c1c(OC)cc(OC)cc1OC. The van der Waals surface area contributed by atoms with Crippen LogP contribution in [0.3, 0.4) is 0 Å². The topological polar surface area (TPSA) is 27.7 Å². The van der Waals surface area contributed by atoms with Gasteiger partial charge in [0.05, 0.1) is 26.9 Å². The molecule has 0 saturated heterocycles. The quantitative estimate of drug-likeness (QED) is 0.684. The number of halogens is 1. The fourth-order valence-electron chi connectivity index (χ4n) is 2.19. The second-order valence-corrected chi connectivity index (χ2v) is 5.60. The van der Waals surface area contributed by atoms with Crippen molar-refractivity contribution in [1.82, 2.24) is 0 Å². The molecule has 1 aromatic carbocycles. The molecule has 0 N–H and O–H groups in total. The van der Waals surface area contributed by atoms with E-state index >= 15 is 0 Å². The van der Waals surface area contributed by atoms with Crippen molar-refractivity contribution in [3.05, 3.63) is 17.7 Å². The molecule has 0 bridgehead atoms.